The zero-order valence-corrected chi connectivity index (χ0v) is 13.3. The standard InChI is InChI=1S/C17H17Cl2NO/c1-20-16(8-12-3-2-4-15(18)17(12)19)11-5-6-13-9-21-10-14(13)7-11/h2-7,16,20H,8-10H2,1H3. The number of halogens is 2. The highest BCUT2D eigenvalue weighted by molar-refractivity contribution is 6.42. The normalized spacial score (nSPS) is 15.0. The summed E-state index contributed by atoms with van der Waals surface area (Å²) in [5, 5.41) is 4.61. The van der Waals surface area contributed by atoms with Crippen molar-refractivity contribution < 1.29 is 4.74 Å². The average Bonchev–Trinajstić information content (AvgIpc) is 2.96. The van der Waals surface area contributed by atoms with Crippen LogP contribution < -0.4 is 5.32 Å². The fourth-order valence-electron chi connectivity index (χ4n) is 2.72. The van der Waals surface area contributed by atoms with Crippen molar-refractivity contribution in [3.8, 4) is 0 Å². The fraction of sp³-hybridized carbons (Fsp3) is 0.294. The molecule has 21 heavy (non-hydrogen) atoms. The quantitative estimate of drug-likeness (QED) is 0.893. The Morgan fingerprint density at radius 3 is 2.76 bits per heavy atom. The lowest BCUT2D eigenvalue weighted by Gasteiger charge is -2.18. The Hall–Kier alpha value is -1.06. The van der Waals surface area contributed by atoms with Crippen LogP contribution in [0, 0.1) is 0 Å². The third-order valence-electron chi connectivity index (χ3n) is 3.95. The van der Waals surface area contributed by atoms with Crippen molar-refractivity contribution in [1.82, 2.24) is 5.32 Å². The zero-order valence-electron chi connectivity index (χ0n) is 11.8. The maximum atomic E-state index is 6.30. The van der Waals surface area contributed by atoms with Gasteiger partial charge in [-0.3, -0.25) is 0 Å². The smallest absolute Gasteiger partial charge is 0.0725 e. The molecule has 0 spiro atoms. The van der Waals surface area contributed by atoms with Gasteiger partial charge in [-0.15, -0.1) is 0 Å². The number of ether oxygens (including phenoxy) is 1. The molecule has 0 aromatic heterocycles. The first-order valence-corrected chi connectivity index (χ1v) is 7.74. The second-order valence-electron chi connectivity index (χ2n) is 5.28. The first-order chi connectivity index (χ1) is 10.2. The van der Waals surface area contributed by atoms with Crippen molar-refractivity contribution in [3.63, 3.8) is 0 Å². The van der Waals surface area contributed by atoms with Gasteiger partial charge in [-0.1, -0.05) is 53.5 Å². The molecule has 1 aliphatic heterocycles. The highest BCUT2D eigenvalue weighted by Crippen LogP contribution is 2.30. The largest absolute Gasteiger partial charge is 0.372 e. The lowest BCUT2D eigenvalue weighted by molar-refractivity contribution is 0.134. The lowest BCUT2D eigenvalue weighted by Crippen LogP contribution is -2.19. The van der Waals surface area contributed by atoms with E-state index in [1.54, 1.807) is 0 Å². The van der Waals surface area contributed by atoms with E-state index >= 15 is 0 Å². The molecule has 1 atom stereocenters. The summed E-state index contributed by atoms with van der Waals surface area (Å²) >= 11 is 12.4. The monoisotopic (exact) mass is 321 g/mol. The van der Waals surface area contributed by atoms with Crippen LogP contribution in [0.1, 0.15) is 28.3 Å². The van der Waals surface area contributed by atoms with Crippen molar-refractivity contribution in [1.29, 1.82) is 0 Å². The molecular weight excluding hydrogens is 305 g/mol. The summed E-state index contributed by atoms with van der Waals surface area (Å²) in [7, 11) is 1.97. The first-order valence-electron chi connectivity index (χ1n) is 6.98. The molecule has 1 aliphatic rings. The maximum absolute atomic E-state index is 6.30. The van der Waals surface area contributed by atoms with Crippen LogP contribution in [0.3, 0.4) is 0 Å². The number of hydrogen-bond donors (Lipinski definition) is 1. The molecule has 0 saturated heterocycles. The predicted molar refractivity (Wildman–Crippen MR) is 86.9 cm³/mol. The molecule has 2 aromatic rings. The van der Waals surface area contributed by atoms with E-state index in [0.29, 0.717) is 16.7 Å². The second-order valence-corrected chi connectivity index (χ2v) is 6.06. The van der Waals surface area contributed by atoms with Crippen LogP contribution in [0.2, 0.25) is 10.0 Å². The molecule has 1 unspecified atom stereocenters. The fourth-order valence-corrected chi connectivity index (χ4v) is 3.12. The SMILES string of the molecule is CNC(Cc1cccc(Cl)c1Cl)c1ccc2c(c1)COC2. The molecule has 0 saturated carbocycles. The summed E-state index contributed by atoms with van der Waals surface area (Å²) in [5.74, 6) is 0. The molecule has 110 valence electrons. The molecule has 3 rings (SSSR count). The Kier molecular flexibility index (Phi) is 4.51. The summed E-state index contributed by atoms with van der Waals surface area (Å²) < 4.78 is 5.48. The predicted octanol–water partition coefficient (Wildman–Crippen LogP) is 4.53. The minimum Gasteiger partial charge on any atom is -0.372 e. The second kappa shape index (κ2) is 6.37. The van der Waals surface area contributed by atoms with Crippen molar-refractivity contribution in [2.24, 2.45) is 0 Å². The Balaban J connectivity index is 1.87. The van der Waals surface area contributed by atoms with Gasteiger partial charge in [-0.05, 0) is 41.8 Å². The number of rotatable bonds is 4. The summed E-state index contributed by atoms with van der Waals surface area (Å²) in [6.07, 6.45) is 0.801. The molecule has 2 aromatic carbocycles. The zero-order chi connectivity index (χ0) is 14.8. The van der Waals surface area contributed by atoms with E-state index in [0.717, 1.165) is 18.6 Å². The minimum atomic E-state index is 0.201. The number of hydrogen-bond acceptors (Lipinski definition) is 2. The van der Waals surface area contributed by atoms with Gasteiger partial charge in [0.25, 0.3) is 0 Å². The summed E-state index contributed by atoms with van der Waals surface area (Å²) in [6, 6.07) is 12.5. The Morgan fingerprint density at radius 2 is 1.95 bits per heavy atom. The van der Waals surface area contributed by atoms with Crippen molar-refractivity contribution in [3.05, 3.63) is 68.7 Å². The van der Waals surface area contributed by atoms with Gasteiger partial charge in [0.15, 0.2) is 0 Å². The third-order valence-corrected chi connectivity index (χ3v) is 4.81. The van der Waals surface area contributed by atoms with E-state index in [9.17, 15) is 0 Å². The van der Waals surface area contributed by atoms with Crippen LogP contribution in [0.15, 0.2) is 36.4 Å². The Morgan fingerprint density at radius 1 is 1.14 bits per heavy atom. The topological polar surface area (TPSA) is 21.3 Å². The van der Waals surface area contributed by atoms with Gasteiger partial charge in [0, 0.05) is 6.04 Å². The molecule has 0 bridgehead atoms. The molecule has 2 nitrogen and oxygen atoms in total. The maximum Gasteiger partial charge on any atom is 0.0725 e. The molecule has 4 heteroatoms. The summed E-state index contributed by atoms with van der Waals surface area (Å²) in [4.78, 5) is 0. The van der Waals surface area contributed by atoms with Gasteiger partial charge in [-0.25, -0.2) is 0 Å². The van der Waals surface area contributed by atoms with Crippen LogP contribution in [0.25, 0.3) is 0 Å². The molecule has 1 heterocycles. The third kappa shape index (κ3) is 3.09. The van der Waals surface area contributed by atoms with Crippen molar-refractivity contribution in [2.45, 2.75) is 25.7 Å². The highest BCUT2D eigenvalue weighted by atomic mass is 35.5. The summed E-state index contributed by atoms with van der Waals surface area (Å²) in [6.45, 7) is 1.43. The first kappa shape index (κ1) is 14.9. The lowest BCUT2D eigenvalue weighted by atomic mass is 9.96. The van der Waals surface area contributed by atoms with Crippen LogP contribution in [-0.4, -0.2) is 7.05 Å². The van der Waals surface area contributed by atoms with Crippen molar-refractivity contribution in [2.75, 3.05) is 7.05 Å². The molecule has 0 fully saturated rings. The van der Waals surface area contributed by atoms with Gasteiger partial charge in [0.1, 0.15) is 0 Å². The van der Waals surface area contributed by atoms with Crippen LogP contribution in [0.4, 0.5) is 0 Å². The van der Waals surface area contributed by atoms with E-state index in [2.05, 4.69) is 23.5 Å². The van der Waals surface area contributed by atoms with Gasteiger partial charge >= 0.3 is 0 Å². The molecule has 0 amide bonds. The van der Waals surface area contributed by atoms with Crippen LogP contribution >= 0.6 is 23.2 Å². The number of fused-ring (bicyclic) bond motifs is 1. The van der Waals surface area contributed by atoms with Gasteiger partial charge in [0.2, 0.25) is 0 Å². The van der Waals surface area contributed by atoms with Crippen molar-refractivity contribution >= 4 is 23.2 Å². The van der Waals surface area contributed by atoms with E-state index in [1.165, 1.54) is 16.7 Å². The van der Waals surface area contributed by atoms with E-state index < -0.39 is 0 Å². The van der Waals surface area contributed by atoms with Gasteiger partial charge < -0.3 is 10.1 Å². The molecular formula is C17H17Cl2NO. The van der Waals surface area contributed by atoms with Crippen LogP contribution in [0.5, 0.6) is 0 Å². The summed E-state index contributed by atoms with van der Waals surface area (Å²) in [5.41, 5.74) is 4.87. The molecule has 1 N–H and O–H groups in total. The van der Waals surface area contributed by atoms with E-state index in [-0.39, 0.29) is 6.04 Å². The molecule has 0 radical (unpaired) electrons. The van der Waals surface area contributed by atoms with Gasteiger partial charge in [-0.2, -0.15) is 0 Å². The minimum absolute atomic E-state index is 0.201. The Bertz CT molecular complexity index is 657. The number of benzene rings is 2. The molecule has 0 aliphatic carbocycles. The van der Waals surface area contributed by atoms with E-state index in [4.69, 9.17) is 27.9 Å². The van der Waals surface area contributed by atoms with E-state index in [1.807, 2.05) is 25.2 Å². The van der Waals surface area contributed by atoms with Gasteiger partial charge in [0.05, 0.1) is 23.3 Å². The number of likely N-dealkylation sites (N-methyl/N-ethyl adjacent to an activating group) is 1. The van der Waals surface area contributed by atoms with Crippen LogP contribution in [-0.2, 0) is 24.4 Å². The number of nitrogens with one attached hydrogen (secondary N) is 1. The Labute approximate surface area is 135 Å². The average molecular weight is 322 g/mol. The highest BCUT2D eigenvalue weighted by Gasteiger charge is 2.17.